The van der Waals surface area contributed by atoms with Crippen LogP contribution in [0.25, 0.3) is 0 Å². The quantitative estimate of drug-likeness (QED) is 0.790. The smallest absolute Gasteiger partial charge is 0.251 e. The summed E-state index contributed by atoms with van der Waals surface area (Å²) in [6.45, 7) is 3.75. The van der Waals surface area contributed by atoms with Crippen LogP contribution in [0.2, 0.25) is 0 Å². The van der Waals surface area contributed by atoms with E-state index < -0.39 is 0 Å². The highest BCUT2D eigenvalue weighted by Crippen LogP contribution is 2.21. The van der Waals surface area contributed by atoms with Gasteiger partial charge in [0.25, 0.3) is 5.91 Å². The molecule has 1 amide bonds. The first-order chi connectivity index (χ1) is 8.58. The van der Waals surface area contributed by atoms with E-state index in [1.807, 2.05) is 0 Å². The second kappa shape index (κ2) is 5.99. The molecule has 2 fully saturated rings. The van der Waals surface area contributed by atoms with Crippen LogP contribution in [0.4, 0.5) is 0 Å². The first kappa shape index (κ1) is 13.8. The molecule has 1 N–H and O–H groups in total. The average molecular weight is 256 g/mol. The van der Waals surface area contributed by atoms with E-state index in [4.69, 9.17) is 9.47 Å². The van der Waals surface area contributed by atoms with Crippen molar-refractivity contribution in [2.24, 2.45) is 0 Å². The third-order valence-electron chi connectivity index (χ3n) is 3.81. The minimum atomic E-state index is -0.246. The molecule has 0 radical (unpaired) electrons. The maximum Gasteiger partial charge on any atom is 0.251 e. The summed E-state index contributed by atoms with van der Waals surface area (Å²) in [6.07, 6.45) is 3.05. The first-order valence-electron chi connectivity index (χ1n) is 6.79. The van der Waals surface area contributed by atoms with Crippen molar-refractivity contribution in [1.29, 1.82) is 0 Å². The molecule has 2 aliphatic rings. The molecule has 0 aromatic heterocycles. The number of nitrogens with zero attached hydrogens (tertiary/aromatic N) is 1. The van der Waals surface area contributed by atoms with Crippen molar-refractivity contribution in [1.82, 2.24) is 10.2 Å². The molecule has 2 heterocycles. The van der Waals surface area contributed by atoms with Crippen LogP contribution in [0.15, 0.2) is 0 Å². The maximum absolute atomic E-state index is 11.8. The van der Waals surface area contributed by atoms with Crippen LogP contribution in [0.5, 0.6) is 0 Å². The molecule has 0 aliphatic carbocycles. The fraction of sp³-hybridized carbons (Fsp3) is 0.923. The van der Waals surface area contributed by atoms with Crippen LogP contribution < -0.4 is 5.32 Å². The molecule has 0 aromatic carbocycles. The van der Waals surface area contributed by atoms with Gasteiger partial charge in [0, 0.05) is 33.3 Å². The summed E-state index contributed by atoms with van der Waals surface area (Å²) in [6, 6.07) is 0.428. The van der Waals surface area contributed by atoms with Gasteiger partial charge in [-0.15, -0.1) is 0 Å². The maximum atomic E-state index is 11.8. The Kier molecular flexibility index (Phi) is 4.59. The lowest BCUT2D eigenvalue weighted by Gasteiger charge is -2.20. The van der Waals surface area contributed by atoms with E-state index >= 15 is 0 Å². The van der Waals surface area contributed by atoms with Crippen LogP contribution in [0.3, 0.4) is 0 Å². The van der Waals surface area contributed by atoms with Gasteiger partial charge in [-0.3, -0.25) is 4.79 Å². The number of amides is 1. The number of carbonyl (C=O) groups excluding carboxylic acids is 1. The van der Waals surface area contributed by atoms with Gasteiger partial charge in [-0.2, -0.15) is 0 Å². The molecule has 5 nitrogen and oxygen atoms in total. The highest BCUT2D eigenvalue weighted by atomic mass is 16.5. The molecule has 5 heteroatoms. The van der Waals surface area contributed by atoms with Crippen LogP contribution in [-0.4, -0.2) is 62.4 Å². The summed E-state index contributed by atoms with van der Waals surface area (Å²) in [5, 5.41) is 3.49. The van der Waals surface area contributed by atoms with Gasteiger partial charge in [-0.05, 0) is 26.2 Å². The number of likely N-dealkylation sites (N-methyl/N-ethyl adjacent to an activating group) is 1. The van der Waals surface area contributed by atoms with Crippen molar-refractivity contribution < 1.29 is 14.3 Å². The second-order valence-corrected chi connectivity index (χ2v) is 5.44. The van der Waals surface area contributed by atoms with E-state index in [1.54, 1.807) is 19.0 Å². The van der Waals surface area contributed by atoms with Crippen LogP contribution in [-0.2, 0) is 14.3 Å². The van der Waals surface area contributed by atoms with Crippen LogP contribution in [0, 0.1) is 0 Å². The summed E-state index contributed by atoms with van der Waals surface area (Å²) < 4.78 is 11.3. The molecule has 2 aliphatic heterocycles. The summed E-state index contributed by atoms with van der Waals surface area (Å²) in [5.74, 6) is 0.0788. The minimum absolute atomic E-state index is 0.0788. The highest BCUT2D eigenvalue weighted by molar-refractivity contribution is 5.80. The van der Waals surface area contributed by atoms with Crippen molar-refractivity contribution in [3.8, 4) is 0 Å². The minimum Gasteiger partial charge on any atom is -0.377 e. The van der Waals surface area contributed by atoms with E-state index in [2.05, 4.69) is 12.2 Å². The number of ether oxygens (including phenoxy) is 2. The van der Waals surface area contributed by atoms with Gasteiger partial charge in [-0.25, -0.2) is 0 Å². The number of hydrogen-bond acceptors (Lipinski definition) is 4. The van der Waals surface area contributed by atoms with Crippen molar-refractivity contribution >= 4 is 5.91 Å². The fourth-order valence-corrected chi connectivity index (χ4v) is 2.61. The Bertz CT molecular complexity index is 296. The number of rotatable bonds is 4. The molecule has 2 rings (SSSR count). The molecule has 2 saturated heterocycles. The fourth-order valence-electron chi connectivity index (χ4n) is 2.61. The zero-order valence-electron chi connectivity index (χ0n) is 11.5. The van der Waals surface area contributed by atoms with Crippen molar-refractivity contribution in [2.75, 3.05) is 27.2 Å². The van der Waals surface area contributed by atoms with Gasteiger partial charge in [0.05, 0.1) is 12.2 Å². The summed E-state index contributed by atoms with van der Waals surface area (Å²) in [4.78, 5) is 13.4. The van der Waals surface area contributed by atoms with Crippen molar-refractivity contribution in [3.05, 3.63) is 0 Å². The van der Waals surface area contributed by atoms with E-state index in [0.717, 1.165) is 32.4 Å². The molecule has 0 unspecified atom stereocenters. The second-order valence-electron chi connectivity index (χ2n) is 5.44. The van der Waals surface area contributed by atoms with E-state index in [9.17, 15) is 4.79 Å². The number of carbonyl (C=O) groups is 1. The molecule has 0 spiro atoms. The average Bonchev–Trinajstić information content (AvgIpc) is 2.94. The highest BCUT2D eigenvalue weighted by Gasteiger charge is 2.32. The Balaban J connectivity index is 1.71. The summed E-state index contributed by atoms with van der Waals surface area (Å²) >= 11 is 0. The zero-order valence-corrected chi connectivity index (χ0v) is 11.5. The summed E-state index contributed by atoms with van der Waals surface area (Å²) in [7, 11) is 3.55. The van der Waals surface area contributed by atoms with Crippen molar-refractivity contribution in [3.63, 3.8) is 0 Å². The number of nitrogens with one attached hydrogen (secondary N) is 1. The molecule has 18 heavy (non-hydrogen) atoms. The topological polar surface area (TPSA) is 50.8 Å². The lowest BCUT2D eigenvalue weighted by molar-refractivity contribution is -0.140. The SMILES string of the molecule is C[C@@H]1OCC[C@@H]1NC[C@H]1CC[C@@H](C(=O)N(C)C)O1. The standard InChI is InChI=1S/C13H24N2O3/c1-9-11(6-7-17-9)14-8-10-4-5-12(18-10)13(16)15(2)3/h9-12,14H,4-8H2,1-3H3/t9-,10+,11-,12-/m0/s1. The van der Waals surface area contributed by atoms with Gasteiger partial charge in [-0.1, -0.05) is 0 Å². The third-order valence-corrected chi connectivity index (χ3v) is 3.81. The van der Waals surface area contributed by atoms with Gasteiger partial charge >= 0.3 is 0 Å². The van der Waals surface area contributed by atoms with Crippen LogP contribution in [0.1, 0.15) is 26.2 Å². The predicted octanol–water partition coefficient (Wildman–Crippen LogP) is 0.389. The molecule has 0 saturated carbocycles. The Hall–Kier alpha value is -0.650. The third kappa shape index (κ3) is 3.22. The lowest BCUT2D eigenvalue weighted by atomic mass is 10.1. The van der Waals surface area contributed by atoms with Gasteiger partial charge < -0.3 is 19.7 Å². The Morgan fingerprint density at radius 2 is 2.11 bits per heavy atom. The molecule has 0 aromatic rings. The Labute approximate surface area is 109 Å². The molecule has 104 valence electrons. The number of hydrogen-bond donors (Lipinski definition) is 1. The predicted molar refractivity (Wildman–Crippen MR) is 68.4 cm³/mol. The monoisotopic (exact) mass is 256 g/mol. The van der Waals surface area contributed by atoms with Crippen LogP contribution >= 0.6 is 0 Å². The molecule has 4 atom stereocenters. The zero-order chi connectivity index (χ0) is 13.1. The normalized spacial score (nSPS) is 35.9. The molecule has 0 bridgehead atoms. The van der Waals surface area contributed by atoms with Gasteiger partial charge in [0.1, 0.15) is 6.10 Å². The van der Waals surface area contributed by atoms with Gasteiger partial charge in [0.2, 0.25) is 0 Å². The largest absolute Gasteiger partial charge is 0.377 e. The van der Waals surface area contributed by atoms with E-state index in [-0.39, 0.29) is 24.2 Å². The molecular weight excluding hydrogens is 232 g/mol. The van der Waals surface area contributed by atoms with Crippen molar-refractivity contribution in [2.45, 2.75) is 50.5 Å². The Morgan fingerprint density at radius 3 is 2.72 bits per heavy atom. The molecular formula is C13H24N2O3. The summed E-state index contributed by atoms with van der Waals surface area (Å²) in [5.41, 5.74) is 0. The lowest BCUT2D eigenvalue weighted by Crippen LogP contribution is -2.40. The van der Waals surface area contributed by atoms with E-state index in [0.29, 0.717) is 6.04 Å². The van der Waals surface area contributed by atoms with E-state index in [1.165, 1.54) is 0 Å². The Morgan fingerprint density at radius 1 is 1.33 bits per heavy atom. The van der Waals surface area contributed by atoms with Gasteiger partial charge in [0.15, 0.2) is 0 Å². The first-order valence-corrected chi connectivity index (χ1v) is 6.79.